The minimum Gasteiger partial charge on any atom is -0.309 e. The number of benzene rings is 11. The molecule has 0 bridgehead atoms. The summed E-state index contributed by atoms with van der Waals surface area (Å²) in [7, 11) is 0. The van der Waals surface area contributed by atoms with Crippen molar-refractivity contribution in [2.45, 2.75) is 78.6 Å². The molecule has 2 nitrogen and oxygen atoms in total. The van der Waals surface area contributed by atoms with Crippen LogP contribution in [-0.4, -0.2) is 4.57 Å². The van der Waals surface area contributed by atoms with Gasteiger partial charge in [0.2, 0.25) is 0 Å². The fraction of sp³-hybridized carbons (Fsp3) is 0.171. The van der Waals surface area contributed by atoms with Crippen molar-refractivity contribution in [3.8, 4) is 39.1 Å². The van der Waals surface area contributed by atoms with E-state index in [-0.39, 0.29) is 16.2 Å². The van der Waals surface area contributed by atoms with Crippen molar-refractivity contribution in [2.75, 3.05) is 4.90 Å². The molecule has 11 aromatic carbocycles. The summed E-state index contributed by atoms with van der Waals surface area (Å²) < 4.78 is 2.53. The first-order valence-electron chi connectivity index (χ1n) is 25.7. The van der Waals surface area contributed by atoms with Crippen LogP contribution >= 0.6 is 0 Å². The smallest absolute Gasteiger partial charge is 0.0541 e. The SMILES string of the molecule is CC(C)(C)c1ccc(-c2ccccc2)c(-c2cccc(N(c3ccccc3-c3ccccc3)c3ccc4ccc5c(-n6c7ccc(C(C)(C)C)cc7c7cc(C(C)(C)C)ccc76)ccc6ccc3c4c65)c2)c1. The number of fused-ring (bicyclic) bond motifs is 3. The van der Waals surface area contributed by atoms with Crippen molar-refractivity contribution >= 4 is 71.2 Å². The van der Waals surface area contributed by atoms with E-state index in [1.54, 1.807) is 0 Å². The third kappa shape index (κ3) is 7.64. The number of anilines is 3. The first kappa shape index (κ1) is 45.2. The molecule has 2 heteroatoms. The van der Waals surface area contributed by atoms with Crippen molar-refractivity contribution in [1.29, 1.82) is 0 Å². The molecule has 352 valence electrons. The van der Waals surface area contributed by atoms with Crippen molar-refractivity contribution < 1.29 is 0 Å². The van der Waals surface area contributed by atoms with E-state index in [0.29, 0.717) is 0 Å². The maximum Gasteiger partial charge on any atom is 0.0541 e. The van der Waals surface area contributed by atoms with Crippen LogP contribution in [0, 0.1) is 0 Å². The Kier molecular flexibility index (Phi) is 10.6. The van der Waals surface area contributed by atoms with Crippen LogP contribution in [0.15, 0.2) is 212 Å². The molecule has 0 amide bonds. The summed E-state index contributed by atoms with van der Waals surface area (Å²) in [5.41, 5.74) is 18.2. The lowest BCUT2D eigenvalue weighted by Gasteiger charge is -2.30. The van der Waals surface area contributed by atoms with Gasteiger partial charge in [-0.25, -0.2) is 0 Å². The van der Waals surface area contributed by atoms with Crippen LogP contribution in [-0.2, 0) is 16.2 Å². The summed E-state index contributed by atoms with van der Waals surface area (Å²) in [5.74, 6) is 0. The van der Waals surface area contributed by atoms with E-state index in [0.717, 1.165) is 17.1 Å². The second-order valence-electron chi connectivity index (χ2n) is 23.0. The Bertz CT molecular complexity index is 3950. The average molecular weight is 931 g/mol. The van der Waals surface area contributed by atoms with E-state index in [9.17, 15) is 0 Å². The van der Waals surface area contributed by atoms with Crippen LogP contribution in [0.1, 0.15) is 79.0 Å². The minimum atomic E-state index is -0.0169. The molecule has 0 unspecified atom stereocenters. The van der Waals surface area contributed by atoms with Gasteiger partial charge in [-0.05, 0) is 137 Å². The Balaban J connectivity index is 1.12. The van der Waals surface area contributed by atoms with Crippen LogP contribution in [0.2, 0.25) is 0 Å². The molecule has 0 saturated carbocycles. The van der Waals surface area contributed by atoms with Crippen molar-refractivity contribution in [1.82, 2.24) is 4.57 Å². The Labute approximate surface area is 425 Å². The maximum absolute atomic E-state index is 2.53. The molecule has 0 fully saturated rings. The van der Waals surface area contributed by atoms with Gasteiger partial charge in [0.1, 0.15) is 0 Å². The number of nitrogens with zero attached hydrogens (tertiary/aromatic N) is 2. The zero-order valence-corrected chi connectivity index (χ0v) is 43.1. The Morgan fingerprint density at radius 2 is 0.819 bits per heavy atom. The van der Waals surface area contributed by atoms with E-state index < -0.39 is 0 Å². The maximum atomic E-state index is 2.53. The van der Waals surface area contributed by atoms with Crippen LogP contribution in [0.25, 0.3) is 93.2 Å². The third-order valence-corrected chi connectivity index (χ3v) is 15.2. The molecule has 0 saturated heterocycles. The predicted molar refractivity (Wildman–Crippen MR) is 312 cm³/mol. The number of hydrogen-bond acceptors (Lipinski definition) is 1. The lowest BCUT2D eigenvalue weighted by Crippen LogP contribution is -2.12. The van der Waals surface area contributed by atoms with Crippen molar-refractivity contribution in [2.24, 2.45) is 0 Å². The second kappa shape index (κ2) is 16.8. The van der Waals surface area contributed by atoms with Crippen molar-refractivity contribution in [3.63, 3.8) is 0 Å². The summed E-state index contributed by atoms with van der Waals surface area (Å²) >= 11 is 0. The topological polar surface area (TPSA) is 8.17 Å². The number of aromatic nitrogens is 1. The summed E-state index contributed by atoms with van der Waals surface area (Å²) in [5, 5.41) is 10.1. The molecular weight excluding hydrogens is 869 g/mol. The van der Waals surface area contributed by atoms with Gasteiger partial charge < -0.3 is 9.47 Å². The molecule has 1 aromatic heterocycles. The molecule has 0 N–H and O–H groups in total. The predicted octanol–water partition coefficient (Wildman–Crippen LogP) is 20.0. The van der Waals surface area contributed by atoms with Crippen LogP contribution in [0.5, 0.6) is 0 Å². The Morgan fingerprint density at radius 1 is 0.319 bits per heavy atom. The van der Waals surface area contributed by atoms with Crippen LogP contribution < -0.4 is 4.90 Å². The van der Waals surface area contributed by atoms with Crippen LogP contribution in [0.3, 0.4) is 0 Å². The van der Waals surface area contributed by atoms with Gasteiger partial charge in [-0.1, -0.05) is 220 Å². The molecule has 1 heterocycles. The lowest BCUT2D eigenvalue weighted by atomic mass is 9.83. The van der Waals surface area contributed by atoms with E-state index >= 15 is 0 Å². The third-order valence-electron chi connectivity index (χ3n) is 15.2. The summed E-state index contributed by atoms with van der Waals surface area (Å²) in [6.07, 6.45) is 0. The largest absolute Gasteiger partial charge is 0.309 e. The number of para-hydroxylation sites is 1. The highest BCUT2D eigenvalue weighted by atomic mass is 15.1. The highest BCUT2D eigenvalue weighted by Gasteiger charge is 2.26. The molecule has 0 aliphatic rings. The summed E-state index contributed by atoms with van der Waals surface area (Å²) in [6.45, 7) is 20.8. The monoisotopic (exact) mass is 930 g/mol. The summed E-state index contributed by atoms with van der Waals surface area (Å²) in [4.78, 5) is 2.51. The lowest BCUT2D eigenvalue weighted by molar-refractivity contribution is 0.590. The standard InChI is InChI=1S/C70H62N2/c1-68(2,3)50-31-36-54(45-19-12-10-13-20-45)58(42-50)49-23-18-24-53(41-49)71(61-26-17-16-25-55(61)46-21-14-11-15-22-46)62-37-29-47-28-35-57-63(38-30-48-27-34-56(62)66(47)67(48)57)72-64-39-32-51(69(4,5)6)43-59(64)60-44-52(70(7,8)9)33-40-65(60)72/h10-44H,1-9H3. The fourth-order valence-electron chi connectivity index (χ4n) is 11.2. The van der Waals surface area contributed by atoms with E-state index in [2.05, 4.69) is 284 Å². The first-order chi connectivity index (χ1) is 34.6. The van der Waals surface area contributed by atoms with Gasteiger partial charge in [0, 0.05) is 32.8 Å². The number of rotatable bonds is 7. The normalized spacial score (nSPS) is 12.5. The molecular formula is C70H62N2. The second-order valence-corrected chi connectivity index (χ2v) is 23.0. The zero-order valence-electron chi connectivity index (χ0n) is 43.1. The van der Waals surface area contributed by atoms with Gasteiger partial charge in [0.25, 0.3) is 0 Å². The minimum absolute atomic E-state index is 0.0169. The highest BCUT2D eigenvalue weighted by Crippen LogP contribution is 2.49. The zero-order chi connectivity index (χ0) is 49.7. The van der Waals surface area contributed by atoms with Crippen molar-refractivity contribution in [3.05, 3.63) is 229 Å². The van der Waals surface area contributed by atoms with Gasteiger partial charge >= 0.3 is 0 Å². The van der Waals surface area contributed by atoms with Crippen LogP contribution in [0.4, 0.5) is 17.1 Å². The molecule has 0 radical (unpaired) electrons. The van der Waals surface area contributed by atoms with Gasteiger partial charge in [-0.15, -0.1) is 0 Å². The molecule has 12 aromatic rings. The molecule has 0 aliphatic carbocycles. The van der Waals surface area contributed by atoms with E-state index in [1.165, 1.54) is 110 Å². The highest BCUT2D eigenvalue weighted by molar-refractivity contribution is 6.27. The van der Waals surface area contributed by atoms with E-state index in [1.807, 2.05) is 0 Å². The van der Waals surface area contributed by atoms with E-state index in [4.69, 9.17) is 0 Å². The molecule has 12 rings (SSSR count). The Morgan fingerprint density at radius 3 is 1.44 bits per heavy atom. The fourth-order valence-corrected chi connectivity index (χ4v) is 11.2. The first-order valence-corrected chi connectivity index (χ1v) is 25.7. The van der Waals surface area contributed by atoms with Gasteiger partial charge in [0.05, 0.1) is 28.1 Å². The molecule has 0 atom stereocenters. The number of hydrogen-bond donors (Lipinski definition) is 0. The molecule has 0 aliphatic heterocycles. The average Bonchev–Trinajstić information content (AvgIpc) is 3.71. The quantitative estimate of drug-likeness (QED) is 0.145. The summed E-state index contributed by atoms with van der Waals surface area (Å²) in [6, 6.07) is 79.9. The van der Waals surface area contributed by atoms with Gasteiger partial charge in [0.15, 0.2) is 0 Å². The molecule has 0 spiro atoms. The molecule has 72 heavy (non-hydrogen) atoms. The van der Waals surface area contributed by atoms with Gasteiger partial charge in [-0.3, -0.25) is 0 Å². The Hall–Kier alpha value is -7.94. The van der Waals surface area contributed by atoms with Gasteiger partial charge in [-0.2, -0.15) is 0 Å².